The van der Waals surface area contributed by atoms with Gasteiger partial charge in [0, 0.05) is 28.6 Å². The first-order chi connectivity index (χ1) is 11.5. The minimum absolute atomic E-state index is 0.00192. The van der Waals surface area contributed by atoms with Gasteiger partial charge in [0.05, 0.1) is 0 Å². The molecule has 1 heterocycles. The van der Waals surface area contributed by atoms with Gasteiger partial charge in [-0.1, -0.05) is 24.3 Å². The van der Waals surface area contributed by atoms with Crippen molar-refractivity contribution >= 4 is 22.4 Å². The minimum Gasteiger partial charge on any atom is -0.298 e. The van der Waals surface area contributed by atoms with Crippen LogP contribution in [0.25, 0.3) is 0 Å². The number of benzene rings is 2. The lowest BCUT2D eigenvalue weighted by molar-refractivity contribution is 0.102. The second-order valence-electron chi connectivity index (χ2n) is 5.28. The monoisotopic (exact) mass is 344 g/mol. The lowest BCUT2D eigenvalue weighted by atomic mass is 10.1. The summed E-state index contributed by atoms with van der Waals surface area (Å²) in [6.45, 7) is 1.85. The topological polar surface area (TPSA) is 42.0 Å². The molecule has 3 aromatic rings. The van der Waals surface area contributed by atoms with Gasteiger partial charge in [-0.2, -0.15) is 0 Å². The second kappa shape index (κ2) is 6.88. The summed E-state index contributed by atoms with van der Waals surface area (Å²) in [6, 6.07) is 11.0. The molecule has 3 nitrogen and oxygen atoms in total. The molecule has 24 heavy (non-hydrogen) atoms. The summed E-state index contributed by atoms with van der Waals surface area (Å²) in [4.78, 5) is 17.0. The summed E-state index contributed by atoms with van der Waals surface area (Å²) in [5.74, 6) is -1.44. The third kappa shape index (κ3) is 3.49. The quantitative estimate of drug-likeness (QED) is 0.753. The Morgan fingerprint density at radius 1 is 1.12 bits per heavy atom. The van der Waals surface area contributed by atoms with Crippen LogP contribution in [0.2, 0.25) is 0 Å². The lowest BCUT2D eigenvalue weighted by Crippen LogP contribution is -2.12. The van der Waals surface area contributed by atoms with Crippen molar-refractivity contribution in [1.29, 1.82) is 0 Å². The molecule has 1 N–H and O–H groups in total. The van der Waals surface area contributed by atoms with E-state index in [1.165, 1.54) is 35.7 Å². The fourth-order valence-corrected chi connectivity index (χ4v) is 3.13. The maximum atomic E-state index is 13.7. The first kappa shape index (κ1) is 16.3. The Bertz CT molecular complexity index is 872. The summed E-state index contributed by atoms with van der Waals surface area (Å²) >= 11 is 1.20. The summed E-state index contributed by atoms with van der Waals surface area (Å²) in [7, 11) is 0. The molecule has 3 rings (SSSR count). The predicted molar refractivity (Wildman–Crippen MR) is 90.4 cm³/mol. The van der Waals surface area contributed by atoms with Gasteiger partial charge >= 0.3 is 0 Å². The standard InChI is InChI=1S/C18H14F2N2OS/c1-11-5-2-3-6-13(11)17(23)22-18-21-10-12(24-18)9-14-15(19)7-4-8-16(14)20/h2-8,10H,9H2,1H3,(H,21,22,23). The van der Waals surface area contributed by atoms with Gasteiger partial charge in [-0.3, -0.25) is 10.1 Å². The van der Waals surface area contributed by atoms with Crippen LogP contribution in [-0.2, 0) is 6.42 Å². The number of halogens is 2. The summed E-state index contributed by atoms with van der Waals surface area (Å²) < 4.78 is 27.4. The molecule has 6 heteroatoms. The largest absolute Gasteiger partial charge is 0.298 e. The molecule has 0 aliphatic rings. The molecule has 122 valence electrons. The molecule has 0 fully saturated rings. The zero-order chi connectivity index (χ0) is 17.1. The summed E-state index contributed by atoms with van der Waals surface area (Å²) in [5.41, 5.74) is 1.42. The fraction of sp³-hybridized carbons (Fsp3) is 0.111. The Labute approximate surface area is 142 Å². The Balaban J connectivity index is 1.74. The molecule has 0 bridgehead atoms. The number of hydrogen-bond donors (Lipinski definition) is 1. The van der Waals surface area contributed by atoms with Gasteiger partial charge in [-0.15, -0.1) is 11.3 Å². The Kier molecular flexibility index (Phi) is 4.66. The van der Waals surface area contributed by atoms with Crippen molar-refractivity contribution in [3.63, 3.8) is 0 Å². The van der Waals surface area contributed by atoms with Crippen molar-refractivity contribution in [2.45, 2.75) is 13.3 Å². The highest BCUT2D eigenvalue weighted by Gasteiger charge is 2.14. The normalized spacial score (nSPS) is 10.6. The highest BCUT2D eigenvalue weighted by atomic mass is 32.1. The molecule has 0 atom stereocenters. The van der Waals surface area contributed by atoms with Crippen LogP contribution in [0, 0.1) is 18.6 Å². The first-order valence-electron chi connectivity index (χ1n) is 7.29. The van der Waals surface area contributed by atoms with Crippen LogP contribution in [0.15, 0.2) is 48.7 Å². The highest BCUT2D eigenvalue weighted by molar-refractivity contribution is 7.15. The zero-order valence-electron chi connectivity index (χ0n) is 12.8. The van der Waals surface area contributed by atoms with Gasteiger partial charge in [0.1, 0.15) is 11.6 Å². The van der Waals surface area contributed by atoms with Gasteiger partial charge in [-0.25, -0.2) is 13.8 Å². The molecule has 2 aromatic carbocycles. The van der Waals surface area contributed by atoms with Crippen molar-refractivity contribution in [3.8, 4) is 0 Å². The average molecular weight is 344 g/mol. The van der Waals surface area contributed by atoms with Crippen molar-refractivity contribution in [2.75, 3.05) is 5.32 Å². The summed E-state index contributed by atoms with van der Waals surface area (Å²) in [5, 5.41) is 3.11. The van der Waals surface area contributed by atoms with Crippen LogP contribution in [-0.4, -0.2) is 10.9 Å². The smallest absolute Gasteiger partial charge is 0.257 e. The summed E-state index contributed by atoms with van der Waals surface area (Å²) in [6.07, 6.45) is 1.61. The van der Waals surface area contributed by atoms with Crippen LogP contribution in [0.3, 0.4) is 0 Å². The maximum Gasteiger partial charge on any atom is 0.257 e. The van der Waals surface area contributed by atoms with Gasteiger partial charge in [0.25, 0.3) is 5.91 Å². The molecular formula is C18H14F2N2OS. The number of rotatable bonds is 4. The molecule has 0 aliphatic carbocycles. The van der Waals surface area contributed by atoms with E-state index in [9.17, 15) is 13.6 Å². The molecule has 1 amide bonds. The van der Waals surface area contributed by atoms with Crippen LogP contribution in [0.5, 0.6) is 0 Å². The molecule has 0 spiro atoms. The van der Waals surface area contributed by atoms with Gasteiger partial charge in [-0.05, 0) is 30.7 Å². The van der Waals surface area contributed by atoms with Gasteiger partial charge in [0.2, 0.25) is 0 Å². The molecule has 0 unspecified atom stereocenters. The van der Waals surface area contributed by atoms with Crippen molar-refractivity contribution < 1.29 is 13.6 Å². The average Bonchev–Trinajstić information content (AvgIpc) is 2.98. The molecule has 0 aliphatic heterocycles. The SMILES string of the molecule is Cc1ccccc1C(=O)Nc1ncc(Cc2c(F)cccc2F)s1. The third-order valence-corrected chi connectivity index (χ3v) is 4.49. The number of thiazole rings is 1. The number of nitrogens with one attached hydrogen (secondary N) is 1. The number of nitrogens with zero attached hydrogens (tertiary/aromatic N) is 1. The van der Waals surface area contributed by atoms with Gasteiger partial charge < -0.3 is 0 Å². The van der Waals surface area contributed by atoms with E-state index in [-0.39, 0.29) is 17.9 Å². The van der Waals surface area contributed by atoms with E-state index in [1.807, 2.05) is 19.1 Å². The number of carbonyl (C=O) groups is 1. The molecular weight excluding hydrogens is 330 g/mol. The Morgan fingerprint density at radius 2 is 1.83 bits per heavy atom. The lowest BCUT2D eigenvalue weighted by Gasteiger charge is -2.04. The van der Waals surface area contributed by atoms with E-state index >= 15 is 0 Å². The van der Waals surface area contributed by atoms with E-state index in [4.69, 9.17) is 0 Å². The van der Waals surface area contributed by atoms with E-state index < -0.39 is 11.6 Å². The number of carbonyl (C=O) groups excluding carboxylic acids is 1. The molecule has 0 saturated carbocycles. The predicted octanol–water partition coefficient (Wildman–Crippen LogP) is 4.57. The number of aryl methyl sites for hydroxylation is 1. The number of aromatic nitrogens is 1. The van der Waals surface area contributed by atoms with Crippen LogP contribution >= 0.6 is 11.3 Å². The van der Waals surface area contributed by atoms with Crippen molar-refractivity contribution in [1.82, 2.24) is 4.98 Å². The van der Waals surface area contributed by atoms with E-state index in [1.54, 1.807) is 12.1 Å². The highest BCUT2D eigenvalue weighted by Crippen LogP contribution is 2.24. The first-order valence-corrected chi connectivity index (χ1v) is 8.11. The third-order valence-electron chi connectivity index (χ3n) is 3.58. The molecule has 1 aromatic heterocycles. The number of hydrogen-bond acceptors (Lipinski definition) is 3. The number of anilines is 1. The number of amides is 1. The van der Waals surface area contributed by atoms with Crippen LogP contribution < -0.4 is 5.32 Å². The van der Waals surface area contributed by atoms with Gasteiger partial charge in [0.15, 0.2) is 5.13 Å². The van der Waals surface area contributed by atoms with E-state index in [0.717, 1.165) is 5.56 Å². The second-order valence-corrected chi connectivity index (χ2v) is 6.39. The van der Waals surface area contributed by atoms with Crippen LogP contribution in [0.1, 0.15) is 26.4 Å². The van der Waals surface area contributed by atoms with Crippen molar-refractivity contribution in [2.24, 2.45) is 0 Å². The molecule has 0 saturated heterocycles. The Morgan fingerprint density at radius 3 is 2.54 bits per heavy atom. The Hall–Kier alpha value is -2.60. The van der Waals surface area contributed by atoms with E-state index in [2.05, 4.69) is 10.3 Å². The minimum atomic E-state index is -0.589. The fourth-order valence-electron chi connectivity index (χ4n) is 2.31. The maximum absolute atomic E-state index is 13.7. The zero-order valence-corrected chi connectivity index (χ0v) is 13.7. The van der Waals surface area contributed by atoms with Crippen LogP contribution in [0.4, 0.5) is 13.9 Å². The molecule has 0 radical (unpaired) electrons. The van der Waals surface area contributed by atoms with E-state index in [0.29, 0.717) is 15.6 Å². The van der Waals surface area contributed by atoms with Crippen molar-refractivity contribution in [3.05, 3.63) is 81.9 Å².